The minimum atomic E-state index is -4.30. The fourth-order valence-corrected chi connectivity index (χ4v) is 5.84. The lowest BCUT2D eigenvalue weighted by molar-refractivity contribution is -0.137. The van der Waals surface area contributed by atoms with Crippen LogP contribution in [0.1, 0.15) is 24.1 Å². The van der Waals surface area contributed by atoms with Crippen molar-refractivity contribution in [3.63, 3.8) is 0 Å². The van der Waals surface area contributed by atoms with Crippen LogP contribution in [-0.4, -0.2) is 62.6 Å². The summed E-state index contributed by atoms with van der Waals surface area (Å²) in [7, 11) is 1.93. The number of halogens is 4. The Labute approximate surface area is 212 Å². The first-order valence-corrected chi connectivity index (χ1v) is 12.4. The molecule has 0 radical (unpaired) electrons. The first-order chi connectivity index (χ1) is 16.3. The minimum Gasteiger partial charge on any atom is -0.440 e. The van der Waals surface area contributed by atoms with Gasteiger partial charge in [-0.2, -0.15) is 13.2 Å². The van der Waals surface area contributed by atoms with E-state index < -0.39 is 11.7 Å². The largest absolute Gasteiger partial charge is 0.440 e. The summed E-state index contributed by atoms with van der Waals surface area (Å²) >= 11 is 1.67. The van der Waals surface area contributed by atoms with Crippen LogP contribution < -0.4 is 4.90 Å². The highest BCUT2D eigenvalue weighted by atomic mass is 35.5. The molecule has 190 valence electrons. The van der Waals surface area contributed by atoms with Gasteiger partial charge in [0.25, 0.3) is 0 Å². The van der Waals surface area contributed by atoms with E-state index in [1.54, 1.807) is 23.9 Å². The van der Waals surface area contributed by atoms with Crippen molar-refractivity contribution in [1.29, 1.82) is 0 Å². The number of aromatic nitrogens is 4. The van der Waals surface area contributed by atoms with Crippen LogP contribution in [-0.2, 0) is 13.2 Å². The van der Waals surface area contributed by atoms with E-state index in [-0.39, 0.29) is 12.4 Å². The fraction of sp³-hybridized carbons (Fsp3) is 0.522. The summed E-state index contributed by atoms with van der Waals surface area (Å²) in [5.74, 6) is 2.81. The first-order valence-electron chi connectivity index (χ1n) is 11.4. The van der Waals surface area contributed by atoms with Gasteiger partial charge in [0.05, 0.1) is 11.3 Å². The quantitative estimate of drug-likeness (QED) is 0.319. The molecule has 2 unspecified atom stereocenters. The molecule has 0 saturated carbocycles. The van der Waals surface area contributed by atoms with Gasteiger partial charge in [-0.25, -0.2) is 4.98 Å². The smallest absolute Gasteiger partial charge is 0.416 e. The third kappa shape index (κ3) is 5.31. The number of likely N-dealkylation sites (tertiary alicyclic amines) is 1. The van der Waals surface area contributed by atoms with Crippen molar-refractivity contribution >= 4 is 29.9 Å². The molecule has 3 aromatic rings. The number of alkyl halides is 3. The summed E-state index contributed by atoms with van der Waals surface area (Å²) < 4.78 is 46.0. The fourth-order valence-electron chi connectivity index (χ4n) is 5.00. The Hall–Kier alpha value is -2.24. The van der Waals surface area contributed by atoms with Crippen LogP contribution in [0.4, 0.5) is 18.9 Å². The molecular formula is C23H28ClF3N6OS. The number of rotatable bonds is 7. The van der Waals surface area contributed by atoms with Gasteiger partial charge in [0.1, 0.15) is 0 Å². The summed E-state index contributed by atoms with van der Waals surface area (Å²) in [6.45, 7) is 5.78. The van der Waals surface area contributed by atoms with Crippen LogP contribution in [0.15, 0.2) is 40.2 Å². The summed E-state index contributed by atoms with van der Waals surface area (Å²) in [5, 5.41) is 9.39. The lowest BCUT2D eigenvalue weighted by atomic mass is 10.0. The van der Waals surface area contributed by atoms with E-state index in [0.29, 0.717) is 23.5 Å². The van der Waals surface area contributed by atoms with Gasteiger partial charge < -0.3 is 18.8 Å². The van der Waals surface area contributed by atoms with E-state index in [1.807, 2.05) is 18.5 Å². The van der Waals surface area contributed by atoms with Crippen LogP contribution in [0.5, 0.6) is 0 Å². The summed E-state index contributed by atoms with van der Waals surface area (Å²) in [4.78, 5) is 8.88. The van der Waals surface area contributed by atoms with Crippen LogP contribution in [0, 0.1) is 12.8 Å². The van der Waals surface area contributed by atoms with Crippen molar-refractivity contribution in [1.82, 2.24) is 24.6 Å². The molecule has 2 aliphatic heterocycles. The maximum atomic E-state index is 12.9. The SMILES string of the molecule is Cc1ncoc1-c1nnc(SCCCN2CC3CCN(c4ccc(C(F)(F)F)cc4)C3C2)n1C.Cl. The van der Waals surface area contributed by atoms with Gasteiger partial charge in [-0.3, -0.25) is 0 Å². The Morgan fingerprint density at radius 2 is 1.91 bits per heavy atom. The highest BCUT2D eigenvalue weighted by Crippen LogP contribution is 2.37. The van der Waals surface area contributed by atoms with Gasteiger partial charge in [-0.1, -0.05) is 11.8 Å². The topological polar surface area (TPSA) is 63.2 Å². The van der Waals surface area contributed by atoms with Crippen molar-refractivity contribution in [2.24, 2.45) is 13.0 Å². The van der Waals surface area contributed by atoms with E-state index in [1.165, 1.54) is 18.5 Å². The van der Waals surface area contributed by atoms with Crippen molar-refractivity contribution in [3.8, 4) is 11.6 Å². The normalized spacial score (nSPS) is 20.3. The number of thioether (sulfide) groups is 1. The number of hydrogen-bond acceptors (Lipinski definition) is 7. The number of anilines is 1. The molecule has 5 rings (SSSR count). The van der Waals surface area contributed by atoms with Gasteiger partial charge in [-0.05, 0) is 56.5 Å². The first kappa shape index (κ1) is 25.8. The summed E-state index contributed by atoms with van der Waals surface area (Å²) in [5.41, 5.74) is 1.08. The average Bonchev–Trinajstić information content (AvgIpc) is 3.56. The van der Waals surface area contributed by atoms with Crippen LogP contribution in [0.3, 0.4) is 0 Å². The van der Waals surface area contributed by atoms with Gasteiger partial charge in [0.2, 0.25) is 5.82 Å². The van der Waals surface area contributed by atoms with Crippen LogP contribution >= 0.6 is 24.2 Å². The molecule has 0 amide bonds. The molecule has 0 spiro atoms. The Kier molecular flexibility index (Phi) is 7.68. The average molecular weight is 529 g/mol. The zero-order chi connectivity index (χ0) is 23.9. The molecule has 4 heterocycles. The molecule has 12 heteroatoms. The molecule has 2 fully saturated rings. The number of hydrogen-bond donors (Lipinski definition) is 0. The van der Waals surface area contributed by atoms with E-state index >= 15 is 0 Å². The Morgan fingerprint density at radius 3 is 2.60 bits per heavy atom. The second-order valence-electron chi connectivity index (χ2n) is 8.95. The second-order valence-corrected chi connectivity index (χ2v) is 10.0. The standard InChI is InChI=1S/C23H27F3N6OS.ClH/c1-15-20(33-14-27-15)21-28-29-22(30(21)2)34-11-3-9-31-12-16-8-10-32(19(16)13-31)18-6-4-17(5-7-18)23(24,25)26;/h4-7,14,16,19H,3,8-13H2,1-2H3;1H. The van der Waals surface area contributed by atoms with Crippen molar-refractivity contribution in [3.05, 3.63) is 41.9 Å². The highest BCUT2D eigenvalue weighted by molar-refractivity contribution is 7.99. The molecule has 2 atom stereocenters. The summed E-state index contributed by atoms with van der Waals surface area (Å²) in [6, 6.07) is 5.97. The van der Waals surface area contributed by atoms with Gasteiger partial charge >= 0.3 is 6.18 Å². The Balaban J connectivity index is 0.00000289. The van der Waals surface area contributed by atoms with Crippen LogP contribution in [0.2, 0.25) is 0 Å². The number of oxazole rings is 1. The number of fused-ring (bicyclic) bond motifs is 1. The molecule has 2 saturated heterocycles. The Morgan fingerprint density at radius 1 is 1.14 bits per heavy atom. The molecule has 2 aromatic heterocycles. The second kappa shape index (κ2) is 10.4. The van der Waals surface area contributed by atoms with Gasteiger partial charge in [0.15, 0.2) is 17.3 Å². The van der Waals surface area contributed by atoms with E-state index in [2.05, 4.69) is 25.0 Å². The third-order valence-corrected chi connectivity index (χ3v) is 7.89. The zero-order valence-corrected chi connectivity index (χ0v) is 21.2. The Bertz CT molecular complexity index is 1140. The van der Waals surface area contributed by atoms with Gasteiger partial charge in [-0.15, -0.1) is 22.6 Å². The number of aryl methyl sites for hydroxylation is 1. The van der Waals surface area contributed by atoms with Crippen molar-refractivity contribution in [2.45, 2.75) is 37.1 Å². The minimum absolute atomic E-state index is 0. The van der Waals surface area contributed by atoms with E-state index in [9.17, 15) is 13.2 Å². The molecule has 0 bridgehead atoms. The maximum absolute atomic E-state index is 12.9. The van der Waals surface area contributed by atoms with E-state index in [4.69, 9.17) is 4.42 Å². The van der Waals surface area contributed by atoms with Crippen LogP contribution in [0.25, 0.3) is 11.6 Å². The predicted octanol–water partition coefficient (Wildman–Crippen LogP) is 4.91. The zero-order valence-electron chi connectivity index (χ0n) is 19.5. The molecule has 2 aliphatic rings. The van der Waals surface area contributed by atoms with Gasteiger partial charge in [0, 0.05) is 44.2 Å². The summed E-state index contributed by atoms with van der Waals surface area (Å²) in [6.07, 6.45) is -0.778. The molecular weight excluding hydrogens is 501 g/mol. The maximum Gasteiger partial charge on any atom is 0.416 e. The van der Waals surface area contributed by atoms with E-state index in [0.717, 1.165) is 61.3 Å². The molecule has 35 heavy (non-hydrogen) atoms. The lowest BCUT2D eigenvalue weighted by Crippen LogP contribution is -2.35. The molecule has 0 N–H and O–H groups in total. The highest BCUT2D eigenvalue weighted by Gasteiger charge is 2.41. The third-order valence-electron chi connectivity index (χ3n) is 6.78. The molecule has 1 aromatic carbocycles. The molecule has 7 nitrogen and oxygen atoms in total. The molecule has 0 aliphatic carbocycles. The number of benzene rings is 1. The lowest BCUT2D eigenvalue weighted by Gasteiger charge is -2.27. The monoisotopic (exact) mass is 528 g/mol. The van der Waals surface area contributed by atoms with Crippen molar-refractivity contribution < 1.29 is 17.6 Å². The predicted molar refractivity (Wildman–Crippen MR) is 131 cm³/mol. The van der Waals surface area contributed by atoms with Crippen molar-refractivity contribution in [2.75, 3.05) is 36.8 Å². The number of nitrogens with zero attached hydrogens (tertiary/aromatic N) is 6.